The van der Waals surface area contributed by atoms with E-state index in [-0.39, 0.29) is 31.1 Å². The molecule has 0 saturated heterocycles. The van der Waals surface area contributed by atoms with Crippen molar-refractivity contribution in [1.29, 1.82) is 0 Å². The van der Waals surface area contributed by atoms with Gasteiger partial charge >= 0.3 is 17.9 Å². The summed E-state index contributed by atoms with van der Waals surface area (Å²) in [4.78, 5) is 38.2. The van der Waals surface area contributed by atoms with Crippen LogP contribution in [0, 0.1) is 0 Å². The lowest BCUT2D eigenvalue weighted by molar-refractivity contribution is -0.167. The lowest BCUT2D eigenvalue weighted by Gasteiger charge is -2.18. The summed E-state index contributed by atoms with van der Waals surface area (Å²) in [7, 11) is 0. The highest BCUT2D eigenvalue weighted by atomic mass is 16.6. The van der Waals surface area contributed by atoms with Gasteiger partial charge in [0.05, 0.1) is 0 Å². The summed E-state index contributed by atoms with van der Waals surface area (Å²) < 4.78 is 16.9. The molecule has 0 saturated carbocycles. The lowest BCUT2D eigenvalue weighted by atomic mass is 10.0. The number of ether oxygens (including phenoxy) is 3. The first-order valence-corrected chi connectivity index (χ1v) is 30.5. The average Bonchev–Trinajstić information content (AvgIpc) is 3.33. The van der Waals surface area contributed by atoms with Crippen LogP contribution in [0.5, 0.6) is 0 Å². The van der Waals surface area contributed by atoms with Crippen LogP contribution in [0.2, 0.25) is 0 Å². The molecule has 6 nitrogen and oxygen atoms in total. The van der Waals surface area contributed by atoms with E-state index in [0.717, 1.165) is 57.8 Å². The molecule has 0 aliphatic heterocycles. The summed E-state index contributed by atoms with van der Waals surface area (Å²) in [6.07, 6.45) is 63.8. The molecule has 0 fully saturated rings. The predicted octanol–water partition coefficient (Wildman–Crippen LogP) is 20.3. The van der Waals surface area contributed by atoms with E-state index in [1.165, 1.54) is 257 Å². The molecule has 0 rings (SSSR count). The van der Waals surface area contributed by atoms with Crippen LogP contribution >= 0.6 is 0 Å². The van der Waals surface area contributed by atoms with Crippen LogP contribution < -0.4 is 0 Å². The second-order valence-electron chi connectivity index (χ2n) is 21.0. The first-order chi connectivity index (χ1) is 33.0. The summed E-state index contributed by atoms with van der Waals surface area (Å²) in [5.41, 5.74) is 0. The van der Waals surface area contributed by atoms with E-state index in [1.807, 2.05) is 0 Å². The number of unbranched alkanes of at least 4 members (excludes halogenated alkanes) is 46. The van der Waals surface area contributed by atoms with E-state index in [1.54, 1.807) is 0 Å². The Morgan fingerprint density at radius 3 is 0.597 bits per heavy atom. The third kappa shape index (κ3) is 55.2. The average molecular weight is 948 g/mol. The number of hydrogen-bond acceptors (Lipinski definition) is 6. The van der Waals surface area contributed by atoms with Gasteiger partial charge in [0.15, 0.2) is 6.10 Å². The number of rotatable bonds is 57. The van der Waals surface area contributed by atoms with Gasteiger partial charge < -0.3 is 14.2 Å². The Bertz CT molecular complexity index is 998. The van der Waals surface area contributed by atoms with Crippen molar-refractivity contribution in [2.75, 3.05) is 13.2 Å². The van der Waals surface area contributed by atoms with E-state index in [9.17, 15) is 14.4 Å². The van der Waals surface area contributed by atoms with Crippen LogP contribution in [-0.4, -0.2) is 37.2 Å². The van der Waals surface area contributed by atoms with Gasteiger partial charge in [-0.1, -0.05) is 316 Å². The SMILES string of the molecule is CCCCCCCCCCCCCCCCCCCCCCC(=O)OCC(COC(=O)CCCCCCCCCCCCCCCC)OC(=O)CCCCCCCCCCCCCCCCC. The molecule has 6 heteroatoms. The molecule has 0 spiro atoms. The quantitative estimate of drug-likeness (QED) is 0.0343. The van der Waals surface area contributed by atoms with Gasteiger partial charge in [-0.05, 0) is 19.3 Å². The van der Waals surface area contributed by atoms with E-state index in [0.29, 0.717) is 19.3 Å². The topological polar surface area (TPSA) is 78.9 Å². The summed E-state index contributed by atoms with van der Waals surface area (Å²) >= 11 is 0. The highest BCUT2D eigenvalue weighted by molar-refractivity contribution is 5.71. The molecular formula is C61H118O6. The molecule has 0 aromatic rings. The second kappa shape index (κ2) is 57.0. The van der Waals surface area contributed by atoms with Crippen molar-refractivity contribution in [3.63, 3.8) is 0 Å². The molecule has 1 unspecified atom stereocenters. The molecule has 67 heavy (non-hydrogen) atoms. The minimum Gasteiger partial charge on any atom is -0.462 e. The number of esters is 3. The van der Waals surface area contributed by atoms with Crippen molar-refractivity contribution >= 4 is 17.9 Å². The van der Waals surface area contributed by atoms with E-state index < -0.39 is 6.10 Å². The van der Waals surface area contributed by atoms with Gasteiger partial charge in [-0.15, -0.1) is 0 Å². The first kappa shape index (κ1) is 65.4. The van der Waals surface area contributed by atoms with Crippen LogP contribution in [0.4, 0.5) is 0 Å². The zero-order chi connectivity index (χ0) is 48.6. The number of carbonyl (C=O) groups excluding carboxylic acids is 3. The Labute approximate surface area is 418 Å². The molecule has 0 amide bonds. The Hall–Kier alpha value is -1.59. The van der Waals surface area contributed by atoms with E-state index >= 15 is 0 Å². The van der Waals surface area contributed by atoms with Crippen molar-refractivity contribution < 1.29 is 28.6 Å². The summed E-state index contributed by atoms with van der Waals surface area (Å²) in [5, 5.41) is 0. The van der Waals surface area contributed by atoms with Crippen LogP contribution in [0.1, 0.15) is 355 Å². The zero-order valence-electron chi connectivity index (χ0n) is 45.7. The van der Waals surface area contributed by atoms with Crippen LogP contribution in [0.3, 0.4) is 0 Å². The lowest BCUT2D eigenvalue weighted by Crippen LogP contribution is -2.30. The smallest absolute Gasteiger partial charge is 0.306 e. The maximum absolute atomic E-state index is 12.9. The Morgan fingerprint density at radius 2 is 0.403 bits per heavy atom. The fourth-order valence-corrected chi connectivity index (χ4v) is 9.51. The first-order valence-electron chi connectivity index (χ1n) is 30.5. The highest BCUT2D eigenvalue weighted by Gasteiger charge is 2.19. The summed E-state index contributed by atoms with van der Waals surface area (Å²) in [5.74, 6) is -0.828. The second-order valence-corrected chi connectivity index (χ2v) is 21.0. The van der Waals surface area contributed by atoms with Gasteiger partial charge in [0.25, 0.3) is 0 Å². The molecule has 0 aliphatic carbocycles. The number of hydrogen-bond donors (Lipinski definition) is 0. The Kier molecular flexibility index (Phi) is 55.6. The van der Waals surface area contributed by atoms with Crippen molar-refractivity contribution in [1.82, 2.24) is 0 Å². The molecule has 398 valence electrons. The minimum absolute atomic E-state index is 0.0608. The highest BCUT2D eigenvalue weighted by Crippen LogP contribution is 2.18. The fourth-order valence-electron chi connectivity index (χ4n) is 9.51. The van der Waals surface area contributed by atoms with Crippen molar-refractivity contribution in [2.45, 2.75) is 361 Å². The molecule has 0 radical (unpaired) electrons. The zero-order valence-corrected chi connectivity index (χ0v) is 45.7. The van der Waals surface area contributed by atoms with Crippen molar-refractivity contribution in [3.8, 4) is 0 Å². The van der Waals surface area contributed by atoms with E-state index in [4.69, 9.17) is 14.2 Å². The van der Waals surface area contributed by atoms with Crippen LogP contribution in [0.15, 0.2) is 0 Å². The summed E-state index contributed by atoms with van der Waals surface area (Å²) in [6, 6.07) is 0. The molecule has 0 N–H and O–H groups in total. The van der Waals surface area contributed by atoms with Gasteiger partial charge in [-0.25, -0.2) is 0 Å². The van der Waals surface area contributed by atoms with Crippen molar-refractivity contribution in [3.05, 3.63) is 0 Å². The standard InChI is InChI=1S/C61H118O6/c1-4-7-10-13-16-19-22-25-28-29-30-31-32-34-36-39-42-45-48-51-54-60(63)66-57-58(56-65-59(62)53-50-47-44-41-38-35-27-24-21-18-15-12-9-6-3)67-61(64)55-52-49-46-43-40-37-33-26-23-20-17-14-11-8-5-2/h58H,4-57H2,1-3H3. The van der Waals surface area contributed by atoms with Crippen LogP contribution in [-0.2, 0) is 28.6 Å². The maximum atomic E-state index is 12.9. The Morgan fingerprint density at radius 1 is 0.239 bits per heavy atom. The van der Waals surface area contributed by atoms with Gasteiger partial charge in [0.2, 0.25) is 0 Å². The minimum atomic E-state index is -0.761. The third-order valence-electron chi connectivity index (χ3n) is 14.1. The Balaban J connectivity index is 4.25. The monoisotopic (exact) mass is 947 g/mol. The fraction of sp³-hybridized carbons (Fsp3) is 0.951. The van der Waals surface area contributed by atoms with Gasteiger partial charge in [0.1, 0.15) is 13.2 Å². The van der Waals surface area contributed by atoms with Crippen LogP contribution in [0.25, 0.3) is 0 Å². The van der Waals surface area contributed by atoms with E-state index in [2.05, 4.69) is 20.8 Å². The summed E-state index contributed by atoms with van der Waals surface area (Å²) in [6.45, 7) is 6.72. The van der Waals surface area contributed by atoms with Gasteiger partial charge in [0, 0.05) is 19.3 Å². The number of carbonyl (C=O) groups is 3. The molecule has 0 bridgehead atoms. The normalized spacial score (nSPS) is 11.9. The molecule has 0 heterocycles. The molecule has 0 aromatic carbocycles. The van der Waals surface area contributed by atoms with Crippen molar-refractivity contribution in [2.24, 2.45) is 0 Å². The maximum Gasteiger partial charge on any atom is 0.306 e. The molecular weight excluding hydrogens is 829 g/mol. The largest absolute Gasteiger partial charge is 0.462 e. The van der Waals surface area contributed by atoms with Gasteiger partial charge in [-0.2, -0.15) is 0 Å². The molecule has 0 aliphatic rings. The van der Waals surface area contributed by atoms with Gasteiger partial charge in [-0.3, -0.25) is 14.4 Å². The molecule has 1 atom stereocenters. The third-order valence-corrected chi connectivity index (χ3v) is 14.1. The molecule has 0 aromatic heterocycles. The predicted molar refractivity (Wildman–Crippen MR) is 289 cm³/mol.